The van der Waals surface area contributed by atoms with Crippen LogP contribution in [0.2, 0.25) is 0 Å². The van der Waals surface area contributed by atoms with E-state index >= 15 is 0 Å². The molecular formula is C15H27NO3. The molecule has 19 heavy (non-hydrogen) atoms. The molecule has 2 atom stereocenters. The lowest BCUT2D eigenvalue weighted by atomic mass is 9.82. The van der Waals surface area contributed by atoms with Gasteiger partial charge in [-0.05, 0) is 25.8 Å². The largest absolute Gasteiger partial charge is 0.378 e. The molecule has 2 aliphatic heterocycles. The number of carbonyl (C=O) groups excluding carboxylic acids is 1. The van der Waals surface area contributed by atoms with E-state index in [1.165, 1.54) is 0 Å². The summed E-state index contributed by atoms with van der Waals surface area (Å²) < 4.78 is 11.3. The summed E-state index contributed by atoms with van der Waals surface area (Å²) in [4.78, 5) is 12.3. The third-order valence-electron chi connectivity index (χ3n) is 4.17. The van der Waals surface area contributed by atoms with E-state index in [1.54, 1.807) is 0 Å². The number of ether oxygens (including phenoxy) is 2. The Kier molecular flexibility index (Phi) is 5.37. The minimum Gasteiger partial charge on any atom is -0.378 e. The number of Topliss-reactive ketones (excluding diaryl/α,β-unsaturated/α-hetero) is 1. The summed E-state index contributed by atoms with van der Waals surface area (Å²) in [5.41, 5.74) is -0.144. The molecular weight excluding hydrogens is 242 g/mol. The normalized spacial score (nSPS) is 31.2. The van der Waals surface area contributed by atoms with Gasteiger partial charge in [0.25, 0.3) is 0 Å². The van der Waals surface area contributed by atoms with Crippen molar-refractivity contribution in [2.24, 2.45) is 5.92 Å². The van der Waals surface area contributed by atoms with Crippen LogP contribution in [-0.4, -0.2) is 43.8 Å². The van der Waals surface area contributed by atoms with Crippen molar-refractivity contribution in [3.63, 3.8) is 0 Å². The fraction of sp³-hybridized carbons (Fsp3) is 0.933. The lowest BCUT2D eigenvalue weighted by molar-refractivity contribution is -0.137. The van der Waals surface area contributed by atoms with E-state index in [2.05, 4.69) is 19.2 Å². The van der Waals surface area contributed by atoms with Crippen molar-refractivity contribution in [2.75, 3.05) is 26.4 Å². The topological polar surface area (TPSA) is 47.6 Å². The van der Waals surface area contributed by atoms with Gasteiger partial charge in [-0.1, -0.05) is 13.8 Å². The first-order valence-corrected chi connectivity index (χ1v) is 7.59. The van der Waals surface area contributed by atoms with Crippen LogP contribution in [0, 0.1) is 5.92 Å². The highest BCUT2D eigenvalue weighted by atomic mass is 16.6. The first-order chi connectivity index (χ1) is 9.11. The number of hydrogen-bond acceptors (Lipinski definition) is 4. The Balaban J connectivity index is 1.73. The summed E-state index contributed by atoms with van der Waals surface area (Å²) in [5.74, 6) is 0.606. The Bertz CT molecular complexity index is 298. The maximum absolute atomic E-state index is 12.3. The zero-order valence-electron chi connectivity index (χ0n) is 12.2. The maximum Gasteiger partial charge on any atom is 0.136 e. The molecule has 0 amide bonds. The molecule has 2 fully saturated rings. The van der Waals surface area contributed by atoms with Gasteiger partial charge >= 0.3 is 0 Å². The Morgan fingerprint density at radius 1 is 1.42 bits per heavy atom. The molecule has 2 heterocycles. The highest BCUT2D eigenvalue weighted by Crippen LogP contribution is 2.36. The number of rotatable bonds is 6. The van der Waals surface area contributed by atoms with Gasteiger partial charge in [0.05, 0.1) is 12.2 Å². The molecule has 2 aliphatic rings. The second-order valence-electron chi connectivity index (χ2n) is 6.20. The molecule has 4 heteroatoms. The van der Waals surface area contributed by atoms with Crippen LogP contribution in [0.3, 0.4) is 0 Å². The molecule has 0 aromatic rings. The molecule has 2 unspecified atom stereocenters. The molecule has 0 aliphatic carbocycles. The zero-order valence-corrected chi connectivity index (χ0v) is 12.2. The van der Waals surface area contributed by atoms with E-state index < -0.39 is 0 Å². The number of carbonyl (C=O) groups is 1. The Morgan fingerprint density at radius 2 is 2.26 bits per heavy atom. The second kappa shape index (κ2) is 6.82. The summed E-state index contributed by atoms with van der Waals surface area (Å²) in [5, 5.41) is 3.36. The molecule has 1 N–H and O–H groups in total. The van der Waals surface area contributed by atoms with Crippen LogP contribution in [0.15, 0.2) is 0 Å². The van der Waals surface area contributed by atoms with E-state index in [9.17, 15) is 4.79 Å². The molecule has 1 spiro atoms. The smallest absolute Gasteiger partial charge is 0.136 e. The first-order valence-electron chi connectivity index (χ1n) is 7.59. The molecule has 110 valence electrons. The standard InChI is InChI=1S/C15H27NO3/c1-12(2)16-7-3-4-14(17)13-5-8-19-15(10-13)6-9-18-11-15/h12-13,16H,3-11H2,1-2H3. The fourth-order valence-corrected chi connectivity index (χ4v) is 3.02. The predicted molar refractivity (Wildman–Crippen MR) is 74.2 cm³/mol. The van der Waals surface area contributed by atoms with Crippen LogP contribution in [-0.2, 0) is 14.3 Å². The zero-order chi connectivity index (χ0) is 13.7. The van der Waals surface area contributed by atoms with Gasteiger partial charge in [0.2, 0.25) is 0 Å². The Morgan fingerprint density at radius 3 is 2.95 bits per heavy atom. The van der Waals surface area contributed by atoms with Crippen molar-refractivity contribution in [2.45, 2.75) is 57.6 Å². The summed E-state index contributed by atoms with van der Waals surface area (Å²) in [6.45, 7) is 7.35. The van der Waals surface area contributed by atoms with E-state index in [-0.39, 0.29) is 11.5 Å². The van der Waals surface area contributed by atoms with Gasteiger partial charge < -0.3 is 14.8 Å². The maximum atomic E-state index is 12.3. The molecule has 0 saturated carbocycles. The summed E-state index contributed by atoms with van der Waals surface area (Å²) >= 11 is 0. The van der Waals surface area contributed by atoms with Crippen LogP contribution in [0.25, 0.3) is 0 Å². The number of ketones is 1. The van der Waals surface area contributed by atoms with Gasteiger partial charge in [-0.2, -0.15) is 0 Å². The predicted octanol–water partition coefficient (Wildman–Crippen LogP) is 1.92. The van der Waals surface area contributed by atoms with Gasteiger partial charge in [-0.25, -0.2) is 0 Å². The first kappa shape index (κ1) is 14.9. The third kappa shape index (κ3) is 4.26. The van der Waals surface area contributed by atoms with Gasteiger partial charge in [0.15, 0.2) is 0 Å². The van der Waals surface area contributed by atoms with Crippen molar-refractivity contribution < 1.29 is 14.3 Å². The fourth-order valence-electron chi connectivity index (χ4n) is 3.02. The molecule has 0 aromatic carbocycles. The van der Waals surface area contributed by atoms with Crippen LogP contribution in [0.5, 0.6) is 0 Å². The molecule has 2 rings (SSSR count). The highest BCUT2D eigenvalue weighted by molar-refractivity contribution is 5.81. The summed E-state index contributed by atoms with van der Waals surface area (Å²) in [7, 11) is 0. The van der Waals surface area contributed by atoms with Crippen LogP contribution >= 0.6 is 0 Å². The van der Waals surface area contributed by atoms with E-state index in [1.807, 2.05) is 0 Å². The van der Waals surface area contributed by atoms with Crippen molar-refractivity contribution in [3.05, 3.63) is 0 Å². The molecule has 4 nitrogen and oxygen atoms in total. The molecule has 0 bridgehead atoms. The van der Waals surface area contributed by atoms with E-state index in [4.69, 9.17) is 9.47 Å². The molecule has 0 radical (unpaired) electrons. The Labute approximate surface area is 116 Å². The van der Waals surface area contributed by atoms with Crippen molar-refractivity contribution >= 4 is 5.78 Å². The lowest BCUT2D eigenvalue weighted by Crippen LogP contribution is -2.42. The van der Waals surface area contributed by atoms with Crippen LogP contribution in [0.1, 0.15) is 46.0 Å². The van der Waals surface area contributed by atoms with E-state index in [0.717, 1.165) is 38.8 Å². The average Bonchev–Trinajstić information content (AvgIpc) is 2.82. The van der Waals surface area contributed by atoms with Gasteiger partial charge in [0.1, 0.15) is 5.78 Å². The van der Waals surface area contributed by atoms with Crippen molar-refractivity contribution in [3.8, 4) is 0 Å². The molecule has 2 saturated heterocycles. The molecule has 0 aromatic heterocycles. The average molecular weight is 269 g/mol. The van der Waals surface area contributed by atoms with Crippen molar-refractivity contribution in [1.82, 2.24) is 5.32 Å². The quantitative estimate of drug-likeness (QED) is 0.748. The number of hydrogen-bond donors (Lipinski definition) is 1. The van der Waals surface area contributed by atoms with Gasteiger partial charge in [-0.3, -0.25) is 4.79 Å². The van der Waals surface area contributed by atoms with Crippen molar-refractivity contribution in [1.29, 1.82) is 0 Å². The lowest BCUT2D eigenvalue weighted by Gasteiger charge is -2.36. The van der Waals surface area contributed by atoms with Crippen LogP contribution < -0.4 is 5.32 Å². The SMILES string of the molecule is CC(C)NCCCC(=O)C1CCOC2(CCOC2)C1. The monoisotopic (exact) mass is 269 g/mol. The third-order valence-corrected chi connectivity index (χ3v) is 4.17. The second-order valence-corrected chi connectivity index (χ2v) is 6.20. The number of nitrogens with one attached hydrogen (secondary N) is 1. The summed E-state index contributed by atoms with van der Waals surface area (Å²) in [6.07, 6.45) is 4.34. The van der Waals surface area contributed by atoms with Gasteiger partial charge in [-0.15, -0.1) is 0 Å². The van der Waals surface area contributed by atoms with Gasteiger partial charge in [0, 0.05) is 38.0 Å². The minimum absolute atomic E-state index is 0.144. The van der Waals surface area contributed by atoms with Crippen LogP contribution in [0.4, 0.5) is 0 Å². The van der Waals surface area contributed by atoms with E-state index in [0.29, 0.717) is 31.5 Å². The minimum atomic E-state index is -0.144. The summed E-state index contributed by atoms with van der Waals surface area (Å²) in [6, 6.07) is 0.497. The Hall–Kier alpha value is -0.450. The highest BCUT2D eigenvalue weighted by Gasteiger charge is 2.42.